The van der Waals surface area contributed by atoms with Crippen LogP contribution in [-0.2, 0) is 14.3 Å². The highest BCUT2D eigenvalue weighted by Gasteiger charge is 2.63. The van der Waals surface area contributed by atoms with Crippen molar-refractivity contribution >= 4 is 29.2 Å². The normalized spacial score (nSPS) is 28.9. The minimum Gasteiger partial charge on any atom is -0.462 e. The molecule has 1 heterocycles. The smallest absolute Gasteiger partial charge is 0.310 e. The van der Waals surface area contributed by atoms with E-state index in [0.717, 1.165) is 12.8 Å². The van der Waals surface area contributed by atoms with Crippen LogP contribution in [-0.4, -0.2) is 23.9 Å². The van der Waals surface area contributed by atoms with E-state index in [1.54, 1.807) is 24.3 Å². The van der Waals surface area contributed by atoms with Gasteiger partial charge >= 0.3 is 5.97 Å². The third-order valence-corrected chi connectivity index (χ3v) is 6.30. The molecule has 2 aliphatic carbocycles. The lowest BCUT2D eigenvalue weighted by atomic mass is 9.79. The molecule has 5 atom stereocenters. The van der Waals surface area contributed by atoms with Crippen molar-refractivity contribution in [3.05, 3.63) is 59.9 Å². The molecule has 2 aromatic rings. The molecular weight excluding hydrogens is 375 g/mol. The lowest BCUT2D eigenvalue weighted by Crippen LogP contribution is -2.35. The highest BCUT2D eigenvalue weighted by molar-refractivity contribution is 6.04. The van der Waals surface area contributed by atoms with Gasteiger partial charge in [0, 0.05) is 22.9 Å². The number of carbonyl (C=O) groups is 3. The van der Waals surface area contributed by atoms with Gasteiger partial charge in [-0.2, -0.15) is 0 Å². The average molecular weight is 394 g/mol. The number of fused-ring (bicyclic) bond motifs is 1. The highest BCUT2D eigenvalue weighted by atomic mass is 19.1. The zero-order chi connectivity index (χ0) is 20.1. The first-order valence-corrected chi connectivity index (χ1v) is 9.68. The Morgan fingerprint density at radius 3 is 2.31 bits per heavy atom. The summed E-state index contributed by atoms with van der Waals surface area (Å²) in [6.07, 6.45) is 1.65. The molecule has 0 spiro atoms. The molecule has 0 aromatic heterocycles. The number of rotatable bonds is 4. The quantitative estimate of drug-likeness (QED) is 0.780. The predicted molar refractivity (Wildman–Crippen MR) is 102 cm³/mol. The summed E-state index contributed by atoms with van der Waals surface area (Å²) in [5.41, 5.74) is 1.47. The molecule has 2 saturated carbocycles. The number of halogens is 1. The van der Waals surface area contributed by atoms with Gasteiger partial charge in [0.2, 0.25) is 5.91 Å². The summed E-state index contributed by atoms with van der Waals surface area (Å²) < 4.78 is 18.3. The van der Waals surface area contributed by atoms with Crippen molar-refractivity contribution in [3.63, 3.8) is 0 Å². The van der Waals surface area contributed by atoms with E-state index in [2.05, 4.69) is 10.6 Å². The first-order chi connectivity index (χ1) is 14.0. The Morgan fingerprint density at radius 1 is 0.931 bits per heavy atom. The van der Waals surface area contributed by atoms with E-state index in [9.17, 15) is 18.8 Å². The van der Waals surface area contributed by atoms with E-state index in [1.165, 1.54) is 24.3 Å². The molecule has 3 fully saturated rings. The van der Waals surface area contributed by atoms with Crippen LogP contribution in [0, 0.1) is 29.5 Å². The molecule has 2 bridgehead atoms. The second kappa shape index (κ2) is 6.69. The summed E-state index contributed by atoms with van der Waals surface area (Å²) in [5.74, 6) is -1.39. The van der Waals surface area contributed by atoms with Gasteiger partial charge in [0.15, 0.2) is 0 Å². The van der Waals surface area contributed by atoms with E-state index in [0.29, 0.717) is 16.9 Å². The SMILES string of the molecule is O=C(Nc1ccc(F)cc1)c1ccc(NC(=O)[C@H]2[C@@H]3C[C@H]4[C@@H]2C(=O)O[C@@H]4C3)cc1. The third-order valence-electron chi connectivity index (χ3n) is 6.30. The van der Waals surface area contributed by atoms with E-state index >= 15 is 0 Å². The summed E-state index contributed by atoms with van der Waals surface area (Å²) in [6, 6.07) is 12.0. The molecule has 2 N–H and O–H groups in total. The lowest BCUT2D eigenvalue weighted by molar-refractivity contribution is -0.145. The second-order valence-electron chi connectivity index (χ2n) is 7.95. The van der Waals surface area contributed by atoms with Crippen LogP contribution in [0.3, 0.4) is 0 Å². The van der Waals surface area contributed by atoms with E-state index in [4.69, 9.17) is 4.74 Å². The Morgan fingerprint density at radius 2 is 1.59 bits per heavy atom. The van der Waals surface area contributed by atoms with Crippen LogP contribution in [0.25, 0.3) is 0 Å². The Balaban J connectivity index is 1.24. The zero-order valence-electron chi connectivity index (χ0n) is 15.4. The largest absolute Gasteiger partial charge is 0.462 e. The highest BCUT2D eigenvalue weighted by Crippen LogP contribution is 2.57. The fraction of sp³-hybridized carbons (Fsp3) is 0.318. The Labute approximate surface area is 166 Å². The van der Waals surface area contributed by atoms with Crippen LogP contribution in [0.15, 0.2) is 48.5 Å². The standard InChI is InChI=1S/C22H19FN2O4/c23-13-3-7-15(8-4-13)24-20(26)11-1-5-14(6-2-11)25-21(27)18-12-9-16-17(10-12)29-22(28)19(16)18/h1-8,12,16-19H,9-10H2,(H,24,26)(H,25,27)/t12-,16-,17-,18+,19+/m1/s1. The molecule has 6 nitrogen and oxygen atoms in total. The van der Waals surface area contributed by atoms with E-state index in [1.807, 2.05) is 0 Å². The van der Waals surface area contributed by atoms with Crippen molar-refractivity contribution in [3.8, 4) is 0 Å². The van der Waals surface area contributed by atoms with Gasteiger partial charge in [-0.25, -0.2) is 4.39 Å². The third kappa shape index (κ3) is 3.06. The van der Waals surface area contributed by atoms with Crippen LogP contribution in [0.2, 0.25) is 0 Å². The van der Waals surface area contributed by atoms with E-state index < -0.39 is 0 Å². The number of nitrogens with one attached hydrogen (secondary N) is 2. The van der Waals surface area contributed by atoms with Gasteiger partial charge in [-0.3, -0.25) is 14.4 Å². The van der Waals surface area contributed by atoms with Gasteiger partial charge in [-0.05, 0) is 67.3 Å². The molecule has 7 heteroatoms. The molecular formula is C22H19FN2O4. The topological polar surface area (TPSA) is 84.5 Å². The molecule has 148 valence electrons. The zero-order valence-corrected chi connectivity index (χ0v) is 15.4. The van der Waals surface area contributed by atoms with Crippen molar-refractivity contribution in [2.24, 2.45) is 23.7 Å². The minimum absolute atomic E-state index is 0.000420. The van der Waals surface area contributed by atoms with Crippen molar-refractivity contribution in [1.29, 1.82) is 0 Å². The Kier molecular flexibility index (Phi) is 4.12. The minimum atomic E-state index is -0.375. The summed E-state index contributed by atoms with van der Waals surface area (Å²) in [5, 5.41) is 5.56. The summed E-state index contributed by atoms with van der Waals surface area (Å²) in [7, 11) is 0. The first-order valence-electron chi connectivity index (χ1n) is 9.68. The number of hydrogen-bond acceptors (Lipinski definition) is 4. The number of hydrogen-bond donors (Lipinski definition) is 2. The summed E-state index contributed by atoms with van der Waals surface area (Å²) >= 11 is 0. The molecule has 3 aliphatic rings. The fourth-order valence-electron chi connectivity index (χ4n) is 5.03. The van der Waals surface area contributed by atoms with Gasteiger partial charge in [-0.1, -0.05) is 0 Å². The maximum Gasteiger partial charge on any atom is 0.310 e. The summed E-state index contributed by atoms with van der Waals surface area (Å²) in [4.78, 5) is 37.2. The first kappa shape index (κ1) is 17.8. The van der Waals surface area contributed by atoms with Crippen molar-refractivity contribution in [2.75, 3.05) is 10.6 Å². The number of benzene rings is 2. The van der Waals surface area contributed by atoms with E-state index in [-0.39, 0.29) is 53.4 Å². The Bertz CT molecular complexity index is 987. The second-order valence-corrected chi connectivity index (χ2v) is 7.95. The molecule has 5 rings (SSSR count). The van der Waals surface area contributed by atoms with Gasteiger partial charge in [-0.15, -0.1) is 0 Å². The van der Waals surface area contributed by atoms with Crippen molar-refractivity contribution < 1.29 is 23.5 Å². The molecule has 1 saturated heterocycles. The molecule has 2 amide bonds. The molecule has 0 radical (unpaired) electrons. The monoisotopic (exact) mass is 394 g/mol. The van der Waals surface area contributed by atoms with Gasteiger partial charge < -0.3 is 15.4 Å². The van der Waals surface area contributed by atoms with Crippen molar-refractivity contribution in [2.45, 2.75) is 18.9 Å². The molecule has 1 aliphatic heterocycles. The molecule has 2 aromatic carbocycles. The van der Waals surface area contributed by atoms with Gasteiger partial charge in [0.25, 0.3) is 5.91 Å². The number of carbonyl (C=O) groups excluding carboxylic acids is 3. The predicted octanol–water partition coefficient (Wildman–Crippen LogP) is 3.21. The lowest BCUT2D eigenvalue weighted by Gasteiger charge is -2.23. The maximum atomic E-state index is 13.0. The van der Waals surface area contributed by atoms with Gasteiger partial charge in [0.05, 0.1) is 11.8 Å². The molecule has 29 heavy (non-hydrogen) atoms. The number of amides is 2. The van der Waals surface area contributed by atoms with Crippen LogP contribution < -0.4 is 10.6 Å². The maximum absolute atomic E-state index is 13.0. The van der Waals surface area contributed by atoms with Crippen LogP contribution in [0.1, 0.15) is 23.2 Å². The number of anilines is 2. The van der Waals surface area contributed by atoms with Gasteiger partial charge in [0.1, 0.15) is 11.9 Å². The number of esters is 1. The average Bonchev–Trinajstić information content (AvgIpc) is 3.33. The molecule has 0 unspecified atom stereocenters. The van der Waals surface area contributed by atoms with Crippen LogP contribution in [0.5, 0.6) is 0 Å². The summed E-state index contributed by atoms with van der Waals surface area (Å²) in [6.45, 7) is 0. The van der Waals surface area contributed by atoms with Crippen LogP contribution >= 0.6 is 0 Å². The van der Waals surface area contributed by atoms with Crippen molar-refractivity contribution in [1.82, 2.24) is 0 Å². The number of ether oxygens (including phenoxy) is 1. The van der Waals surface area contributed by atoms with Crippen LogP contribution in [0.4, 0.5) is 15.8 Å². The Hall–Kier alpha value is -3.22. The fourth-order valence-corrected chi connectivity index (χ4v) is 5.03.